The number of esters is 2. The van der Waals surface area contributed by atoms with E-state index in [4.69, 9.17) is 14.2 Å². The standard InChI is InChI=1S/C22H22O7/c1-26-22(25)29-19-13-11-18(12-14-19)28-21(24)16-9-7-15(8-10-16)20(23)27-17-5-3-2-4-6-17/h2-6,11-16H,7-10H2,1H3. The van der Waals surface area contributed by atoms with Gasteiger partial charge in [-0.25, -0.2) is 4.79 Å². The molecule has 0 aromatic heterocycles. The number of hydrogen-bond donors (Lipinski definition) is 0. The van der Waals surface area contributed by atoms with Crippen molar-refractivity contribution in [3.63, 3.8) is 0 Å². The minimum Gasteiger partial charge on any atom is -0.437 e. The first-order chi connectivity index (χ1) is 14.0. The Bertz CT molecular complexity index is 837. The van der Waals surface area contributed by atoms with Gasteiger partial charge in [-0.05, 0) is 62.1 Å². The van der Waals surface area contributed by atoms with Gasteiger partial charge < -0.3 is 18.9 Å². The van der Waals surface area contributed by atoms with Gasteiger partial charge in [-0.3, -0.25) is 9.59 Å². The predicted octanol–water partition coefficient (Wildman–Crippen LogP) is 4.15. The summed E-state index contributed by atoms with van der Waals surface area (Å²) in [5, 5.41) is 0. The highest BCUT2D eigenvalue weighted by atomic mass is 16.7. The first-order valence-electron chi connectivity index (χ1n) is 9.39. The van der Waals surface area contributed by atoms with Crippen molar-refractivity contribution in [2.24, 2.45) is 11.8 Å². The van der Waals surface area contributed by atoms with Crippen molar-refractivity contribution in [1.29, 1.82) is 0 Å². The topological polar surface area (TPSA) is 88.1 Å². The predicted molar refractivity (Wildman–Crippen MR) is 103 cm³/mol. The Morgan fingerprint density at radius 3 is 1.52 bits per heavy atom. The molecule has 152 valence electrons. The van der Waals surface area contributed by atoms with Crippen LogP contribution in [-0.4, -0.2) is 25.2 Å². The molecule has 2 aromatic carbocycles. The van der Waals surface area contributed by atoms with E-state index in [2.05, 4.69) is 4.74 Å². The average molecular weight is 398 g/mol. The number of carbonyl (C=O) groups is 3. The van der Waals surface area contributed by atoms with Gasteiger partial charge >= 0.3 is 18.1 Å². The normalized spacial score (nSPS) is 18.4. The molecule has 0 atom stereocenters. The van der Waals surface area contributed by atoms with Crippen molar-refractivity contribution >= 4 is 18.1 Å². The third kappa shape index (κ3) is 5.81. The van der Waals surface area contributed by atoms with Crippen molar-refractivity contribution < 1.29 is 33.3 Å². The van der Waals surface area contributed by atoms with E-state index in [1.165, 1.54) is 19.2 Å². The summed E-state index contributed by atoms with van der Waals surface area (Å²) in [5.74, 6) is 0.104. The summed E-state index contributed by atoms with van der Waals surface area (Å²) in [6.45, 7) is 0. The van der Waals surface area contributed by atoms with Crippen LogP contribution >= 0.6 is 0 Å². The minimum absolute atomic E-state index is 0.214. The molecule has 0 aliphatic heterocycles. The molecule has 7 heteroatoms. The number of hydrogen-bond acceptors (Lipinski definition) is 7. The second-order valence-electron chi connectivity index (χ2n) is 6.73. The van der Waals surface area contributed by atoms with Crippen LogP contribution < -0.4 is 14.2 Å². The van der Waals surface area contributed by atoms with Crippen molar-refractivity contribution in [2.75, 3.05) is 7.11 Å². The van der Waals surface area contributed by atoms with E-state index < -0.39 is 6.16 Å². The lowest BCUT2D eigenvalue weighted by molar-refractivity contribution is -0.145. The van der Waals surface area contributed by atoms with Gasteiger partial charge in [0.25, 0.3) is 0 Å². The molecule has 2 aromatic rings. The molecule has 1 fully saturated rings. The van der Waals surface area contributed by atoms with Gasteiger partial charge in [-0.15, -0.1) is 0 Å². The first-order valence-corrected chi connectivity index (χ1v) is 9.39. The molecule has 0 heterocycles. The fraction of sp³-hybridized carbons (Fsp3) is 0.318. The van der Waals surface area contributed by atoms with Gasteiger partial charge in [0.2, 0.25) is 0 Å². The van der Waals surface area contributed by atoms with Gasteiger partial charge in [-0.1, -0.05) is 18.2 Å². The molecule has 0 unspecified atom stereocenters. The molecular formula is C22H22O7. The molecule has 0 saturated heterocycles. The third-order valence-corrected chi connectivity index (χ3v) is 4.77. The molecule has 0 amide bonds. The summed E-state index contributed by atoms with van der Waals surface area (Å²) < 4.78 is 20.1. The lowest BCUT2D eigenvalue weighted by atomic mass is 9.82. The highest BCUT2D eigenvalue weighted by Gasteiger charge is 2.32. The van der Waals surface area contributed by atoms with Gasteiger partial charge in [0.05, 0.1) is 18.9 Å². The van der Waals surface area contributed by atoms with E-state index in [9.17, 15) is 14.4 Å². The number of rotatable bonds is 5. The zero-order valence-electron chi connectivity index (χ0n) is 16.0. The van der Waals surface area contributed by atoms with Gasteiger partial charge in [0, 0.05) is 0 Å². The summed E-state index contributed by atoms with van der Waals surface area (Å²) in [5.41, 5.74) is 0. The Balaban J connectivity index is 1.46. The largest absolute Gasteiger partial charge is 0.513 e. The molecular weight excluding hydrogens is 376 g/mol. The van der Waals surface area contributed by atoms with E-state index in [-0.39, 0.29) is 29.5 Å². The van der Waals surface area contributed by atoms with Crippen LogP contribution in [0.3, 0.4) is 0 Å². The van der Waals surface area contributed by atoms with Gasteiger partial charge in [-0.2, -0.15) is 0 Å². The first kappa shape index (κ1) is 20.4. The Morgan fingerprint density at radius 1 is 0.655 bits per heavy atom. The van der Waals surface area contributed by atoms with Crippen LogP contribution in [0, 0.1) is 11.8 Å². The number of benzene rings is 2. The molecule has 29 heavy (non-hydrogen) atoms. The van der Waals surface area contributed by atoms with E-state index in [0.717, 1.165) is 0 Å². The van der Waals surface area contributed by atoms with Crippen molar-refractivity contribution in [3.05, 3.63) is 54.6 Å². The second kappa shape index (κ2) is 9.73. The van der Waals surface area contributed by atoms with Crippen LogP contribution in [0.2, 0.25) is 0 Å². The fourth-order valence-corrected chi connectivity index (χ4v) is 3.17. The molecule has 1 saturated carbocycles. The van der Waals surface area contributed by atoms with E-state index >= 15 is 0 Å². The van der Waals surface area contributed by atoms with Crippen LogP contribution in [0.5, 0.6) is 17.2 Å². The molecule has 3 rings (SSSR count). The highest BCUT2D eigenvalue weighted by Crippen LogP contribution is 2.31. The Labute approximate surface area is 168 Å². The highest BCUT2D eigenvalue weighted by molar-refractivity contribution is 5.77. The number of carbonyl (C=O) groups excluding carboxylic acids is 3. The summed E-state index contributed by atoms with van der Waals surface area (Å²) in [6.07, 6.45) is 1.47. The zero-order valence-corrected chi connectivity index (χ0v) is 16.0. The van der Waals surface area contributed by atoms with Crippen LogP contribution in [0.1, 0.15) is 25.7 Å². The lowest BCUT2D eigenvalue weighted by Gasteiger charge is -2.25. The smallest absolute Gasteiger partial charge is 0.437 e. The van der Waals surface area contributed by atoms with Gasteiger partial charge in [0.1, 0.15) is 17.2 Å². The second-order valence-corrected chi connectivity index (χ2v) is 6.73. The molecule has 0 spiro atoms. The van der Waals surface area contributed by atoms with Crippen LogP contribution in [0.25, 0.3) is 0 Å². The van der Waals surface area contributed by atoms with Crippen LogP contribution in [-0.2, 0) is 14.3 Å². The molecule has 0 radical (unpaired) electrons. The number of methoxy groups -OCH3 is 1. The minimum atomic E-state index is -0.822. The molecule has 0 bridgehead atoms. The monoisotopic (exact) mass is 398 g/mol. The van der Waals surface area contributed by atoms with E-state index in [0.29, 0.717) is 37.2 Å². The molecule has 1 aliphatic carbocycles. The third-order valence-electron chi connectivity index (χ3n) is 4.77. The van der Waals surface area contributed by atoms with E-state index in [1.54, 1.807) is 24.3 Å². The van der Waals surface area contributed by atoms with Gasteiger partial charge in [0.15, 0.2) is 0 Å². The maximum absolute atomic E-state index is 12.4. The van der Waals surface area contributed by atoms with Crippen molar-refractivity contribution in [3.8, 4) is 17.2 Å². The summed E-state index contributed by atoms with van der Waals surface area (Å²) in [6, 6.07) is 15.1. The molecule has 1 aliphatic rings. The Hall–Kier alpha value is -3.35. The zero-order chi connectivity index (χ0) is 20.6. The molecule has 7 nitrogen and oxygen atoms in total. The quantitative estimate of drug-likeness (QED) is 0.425. The number of ether oxygens (including phenoxy) is 4. The van der Waals surface area contributed by atoms with Crippen molar-refractivity contribution in [1.82, 2.24) is 0 Å². The summed E-state index contributed by atoms with van der Waals surface area (Å²) >= 11 is 0. The Kier molecular flexibility index (Phi) is 6.84. The summed E-state index contributed by atoms with van der Waals surface area (Å²) in [4.78, 5) is 35.7. The number of para-hydroxylation sites is 1. The summed E-state index contributed by atoms with van der Waals surface area (Å²) in [7, 11) is 1.22. The SMILES string of the molecule is COC(=O)Oc1ccc(OC(=O)C2CCC(C(=O)Oc3ccccc3)CC2)cc1. The maximum atomic E-state index is 12.4. The van der Waals surface area contributed by atoms with Crippen molar-refractivity contribution in [2.45, 2.75) is 25.7 Å². The fourth-order valence-electron chi connectivity index (χ4n) is 3.17. The average Bonchev–Trinajstić information content (AvgIpc) is 2.75. The molecule has 0 N–H and O–H groups in total. The maximum Gasteiger partial charge on any atom is 0.513 e. The van der Waals surface area contributed by atoms with E-state index in [1.807, 2.05) is 18.2 Å². The Morgan fingerprint density at radius 2 is 1.07 bits per heavy atom. The van der Waals surface area contributed by atoms with Crippen LogP contribution in [0.4, 0.5) is 4.79 Å². The lowest BCUT2D eigenvalue weighted by Crippen LogP contribution is -2.30. The van der Waals surface area contributed by atoms with Crippen LogP contribution in [0.15, 0.2) is 54.6 Å².